The van der Waals surface area contributed by atoms with Crippen LogP contribution in [-0.4, -0.2) is 47.4 Å². The van der Waals surface area contributed by atoms with Gasteiger partial charge in [0.1, 0.15) is 0 Å². The Morgan fingerprint density at radius 1 is 0.384 bits per heavy atom. The molecule has 1 amide bonds. The molecule has 0 heterocycles. The SMILES string of the molecule is CCCC/C=C\CCCCCCCC(=O)OCCCCCCCCCCC/C=C\C/C=C\CCCCCCCCCCCCCC(=O)NC(CO)C(O)/C=C/CCCCCCCCCCCCCCCCCC. The van der Waals surface area contributed by atoms with E-state index in [9.17, 15) is 19.8 Å². The second-order valence-corrected chi connectivity index (χ2v) is 22.1. The maximum atomic E-state index is 12.5. The Morgan fingerprint density at radius 2 is 0.699 bits per heavy atom. The van der Waals surface area contributed by atoms with Gasteiger partial charge >= 0.3 is 5.97 Å². The van der Waals surface area contributed by atoms with Crippen LogP contribution < -0.4 is 5.32 Å². The standard InChI is InChI=1S/C67H125NO5/c1-3-5-7-9-11-13-15-16-17-18-30-33-36-40-43-47-51-55-59-65(70)64(63-69)68-66(71)60-56-52-48-44-41-37-34-31-28-26-24-22-20-19-21-23-25-27-29-32-35-38-42-46-50-54-58-62-73-67(72)61-57-53-49-45-39-14-12-10-8-6-4-2/h10,12,19-20,23,25,55,59,64-65,69-70H,3-9,11,13-18,21-22,24,26-54,56-58,60-63H2,1-2H3,(H,68,71)/b12-10-,20-19-,25-23-,59-55+. The number of unbranched alkanes of at least 4 members (excludes halogenated alkanes) is 43. The van der Waals surface area contributed by atoms with Crippen molar-refractivity contribution in [2.24, 2.45) is 0 Å². The van der Waals surface area contributed by atoms with Gasteiger partial charge in [-0.2, -0.15) is 0 Å². The third-order valence-corrected chi connectivity index (χ3v) is 14.8. The fourth-order valence-electron chi connectivity index (χ4n) is 9.82. The number of carbonyl (C=O) groups is 2. The number of allylic oxidation sites excluding steroid dienone is 7. The molecule has 0 aromatic carbocycles. The number of nitrogens with one attached hydrogen (secondary N) is 1. The van der Waals surface area contributed by atoms with Crippen molar-refractivity contribution in [1.82, 2.24) is 5.32 Å². The Balaban J connectivity index is 3.46. The third-order valence-electron chi connectivity index (χ3n) is 14.8. The second kappa shape index (κ2) is 62.4. The van der Waals surface area contributed by atoms with Crippen molar-refractivity contribution in [3.63, 3.8) is 0 Å². The number of amides is 1. The lowest BCUT2D eigenvalue weighted by atomic mass is 10.0. The predicted molar refractivity (Wildman–Crippen MR) is 319 cm³/mol. The fourth-order valence-corrected chi connectivity index (χ4v) is 9.82. The van der Waals surface area contributed by atoms with Crippen LogP contribution in [-0.2, 0) is 14.3 Å². The smallest absolute Gasteiger partial charge is 0.305 e. The van der Waals surface area contributed by atoms with Gasteiger partial charge in [-0.3, -0.25) is 9.59 Å². The van der Waals surface area contributed by atoms with Crippen LogP contribution in [0, 0.1) is 0 Å². The molecule has 0 aliphatic heterocycles. The minimum atomic E-state index is -0.848. The van der Waals surface area contributed by atoms with Crippen molar-refractivity contribution in [1.29, 1.82) is 0 Å². The zero-order valence-electron chi connectivity index (χ0n) is 48.9. The van der Waals surface area contributed by atoms with Crippen LogP contribution in [0.15, 0.2) is 48.6 Å². The summed E-state index contributed by atoms with van der Waals surface area (Å²) >= 11 is 0. The van der Waals surface area contributed by atoms with Gasteiger partial charge in [0.15, 0.2) is 0 Å². The van der Waals surface area contributed by atoms with Gasteiger partial charge in [0.25, 0.3) is 0 Å². The lowest BCUT2D eigenvalue weighted by Gasteiger charge is -2.20. The van der Waals surface area contributed by atoms with Crippen LogP contribution in [0.25, 0.3) is 0 Å². The number of carbonyl (C=O) groups excluding carboxylic acids is 2. The van der Waals surface area contributed by atoms with E-state index in [2.05, 4.69) is 55.6 Å². The molecule has 0 radical (unpaired) electrons. The average molecular weight is 1020 g/mol. The summed E-state index contributed by atoms with van der Waals surface area (Å²) in [5.74, 6) is -0.0704. The van der Waals surface area contributed by atoms with Crippen molar-refractivity contribution in [3.05, 3.63) is 48.6 Å². The quantitative estimate of drug-likeness (QED) is 0.0320. The van der Waals surface area contributed by atoms with Crippen molar-refractivity contribution in [2.45, 2.75) is 353 Å². The number of aliphatic hydroxyl groups excluding tert-OH is 2. The third kappa shape index (κ3) is 58.9. The van der Waals surface area contributed by atoms with Gasteiger partial charge in [0.05, 0.1) is 25.4 Å². The Labute approximate surface area is 455 Å². The van der Waals surface area contributed by atoms with Gasteiger partial charge in [-0.05, 0) is 83.5 Å². The zero-order chi connectivity index (χ0) is 52.9. The van der Waals surface area contributed by atoms with E-state index in [1.54, 1.807) is 6.08 Å². The Morgan fingerprint density at radius 3 is 1.10 bits per heavy atom. The van der Waals surface area contributed by atoms with Gasteiger partial charge in [0, 0.05) is 12.8 Å². The molecule has 0 aliphatic carbocycles. The molecule has 0 saturated carbocycles. The van der Waals surface area contributed by atoms with E-state index in [4.69, 9.17) is 4.74 Å². The van der Waals surface area contributed by atoms with Gasteiger partial charge in [-0.15, -0.1) is 0 Å². The topological polar surface area (TPSA) is 95.9 Å². The largest absolute Gasteiger partial charge is 0.466 e. The van der Waals surface area contributed by atoms with E-state index >= 15 is 0 Å². The average Bonchev–Trinajstić information content (AvgIpc) is 3.39. The molecule has 2 atom stereocenters. The molecule has 428 valence electrons. The molecule has 0 aromatic heterocycles. The van der Waals surface area contributed by atoms with E-state index in [0.717, 1.165) is 51.4 Å². The highest BCUT2D eigenvalue weighted by molar-refractivity contribution is 5.76. The van der Waals surface area contributed by atoms with Gasteiger partial charge in [-0.1, -0.05) is 294 Å². The van der Waals surface area contributed by atoms with Crippen LogP contribution in [0.5, 0.6) is 0 Å². The molecular formula is C67H125NO5. The number of esters is 1. The molecular weight excluding hydrogens is 899 g/mol. The lowest BCUT2D eigenvalue weighted by Crippen LogP contribution is -2.45. The molecule has 0 aliphatic rings. The van der Waals surface area contributed by atoms with E-state index in [1.807, 2.05) is 6.08 Å². The highest BCUT2D eigenvalue weighted by Gasteiger charge is 2.18. The van der Waals surface area contributed by atoms with E-state index in [0.29, 0.717) is 19.4 Å². The van der Waals surface area contributed by atoms with Crippen molar-refractivity contribution in [2.75, 3.05) is 13.2 Å². The highest BCUT2D eigenvalue weighted by atomic mass is 16.5. The van der Waals surface area contributed by atoms with Crippen LogP contribution in [0.1, 0.15) is 341 Å². The maximum absolute atomic E-state index is 12.5. The van der Waals surface area contributed by atoms with Crippen LogP contribution in [0.4, 0.5) is 0 Å². The molecule has 73 heavy (non-hydrogen) atoms. The van der Waals surface area contributed by atoms with Crippen molar-refractivity contribution < 1.29 is 24.5 Å². The van der Waals surface area contributed by atoms with E-state index in [-0.39, 0.29) is 18.5 Å². The zero-order valence-corrected chi connectivity index (χ0v) is 48.9. The lowest BCUT2D eigenvalue weighted by molar-refractivity contribution is -0.143. The molecule has 2 unspecified atom stereocenters. The first-order valence-electron chi connectivity index (χ1n) is 32.4. The van der Waals surface area contributed by atoms with E-state index < -0.39 is 12.1 Å². The molecule has 0 rings (SSSR count). The predicted octanol–water partition coefficient (Wildman–Crippen LogP) is 20.5. The molecule has 6 heteroatoms. The van der Waals surface area contributed by atoms with Crippen molar-refractivity contribution >= 4 is 11.9 Å². The Bertz CT molecular complexity index is 1230. The Kier molecular flexibility index (Phi) is 60.5. The summed E-state index contributed by atoms with van der Waals surface area (Å²) in [6, 6.07) is -0.631. The molecule has 0 saturated heterocycles. The monoisotopic (exact) mass is 1020 g/mol. The Hall–Kier alpha value is -2.18. The van der Waals surface area contributed by atoms with Gasteiger partial charge < -0.3 is 20.3 Å². The number of aliphatic hydroxyl groups is 2. The first kappa shape index (κ1) is 70.8. The molecule has 0 fully saturated rings. The molecule has 0 bridgehead atoms. The number of hydrogen-bond acceptors (Lipinski definition) is 5. The number of rotatable bonds is 60. The summed E-state index contributed by atoms with van der Waals surface area (Å²) < 4.78 is 5.46. The normalized spacial score (nSPS) is 12.9. The second-order valence-electron chi connectivity index (χ2n) is 22.1. The summed E-state index contributed by atoms with van der Waals surface area (Å²) in [7, 11) is 0. The summed E-state index contributed by atoms with van der Waals surface area (Å²) in [6.45, 7) is 4.88. The minimum Gasteiger partial charge on any atom is -0.466 e. The first-order chi connectivity index (χ1) is 36.0. The van der Waals surface area contributed by atoms with Gasteiger partial charge in [0.2, 0.25) is 5.91 Å². The first-order valence-corrected chi connectivity index (χ1v) is 32.4. The molecule has 6 nitrogen and oxygen atoms in total. The van der Waals surface area contributed by atoms with Crippen LogP contribution >= 0.6 is 0 Å². The summed E-state index contributed by atoms with van der Waals surface area (Å²) in [5, 5.41) is 23.2. The van der Waals surface area contributed by atoms with Crippen LogP contribution in [0.2, 0.25) is 0 Å². The fraction of sp³-hybridized carbons (Fsp3) is 0.851. The van der Waals surface area contributed by atoms with E-state index in [1.165, 1.54) is 263 Å². The van der Waals surface area contributed by atoms with Crippen molar-refractivity contribution in [3.8, 4) is 0 Å². The molecule has 0 aromatic rings. The summed E-state index contributed by atoms with van der Waals surface area (Å²) in [4.78, 5) is 24.5. The molecule has 3 N–H and O–H groups in total. The van der Waals surface area contributed by atoms with Gasteiger partial charge in [-0.25, -0.2) is 0 Å². The highest BCUT2D eigenvalue weighted by Crippen LogP contribution is 2.17. The molecule has 0 spiro atoms. The maximum Gasteiger partial charge on any atom is 0.305 e. The van der Waals surface area contributed by atoms with Crippen LogP contribution in [0.3, 0.4) is 0 Å². The summed E-state index contributed by atoms with van der Waals surface area (Å²) in [6.07, 6.45) is 80.2. The number of ether oxygens (including phenoxy) is 1. The summed E-state index contributed by atoms with van der Waals surface area (Å²) in [5.41, 5.74) is 0. The number of hydrogen-bond donors (Lipinski definition) is 3. The minimum absolute atomic E-state index is 0.00112.